The molecule has 0 fully saturated rings. The maximum atomic E-state index is 6.14. The Morgan fingerprint density at radius 1 is 1.21 bits per heavy atom. The normalized spacial score (nSPS) is 17.8. The van der Waals surface area contributed by atoms with Gasteiger partial charge in [-0.3, -0.25) is 0 Å². The smallest absolute Gasteiger partial charge is 0.212 e. The van der Waals surface area contributed by atoms with E-state index in [-0.39, 0.29) is 5.92 Å². The molecular formula is C19H22N4O. The van der Waals surface area contributed by atoms with Crippen LogP contribution >= 0.6 is 0 Å². The highest BCUT2D eigenvalue weighted by atomic mass is 16.5. The Bertz CT molecular complexity index is 755. The van der Waals surface area contributed by atoms with Crippen molar-refractivity contribution in [2.75, 3.05) is 13.7 Å². The predicted molar refractivity (Wildman–Crippen MR) is 97.2 cm³/mol. The van der Waals surface area contributed by atoms with E-state index in [9.17, 15) is 0 Å². The van der Waals surface area contributed by atoms with Crippen molar-refractivity contribution in [1.82, 2.24) is 5.01 Å². The summed E-state index contributed by atoms with van der Waals surface area (Å²) in [5, 5.41) is 6.45. The van der Waals surface area contributed by atoms with Crippen molar-refractivity contribution in [3.05, 3.63) is 65.7 Å². The first-order chi connectivity index (χ1) is 11.7. The van der Waals surface area contributed by atoms with E-state index in [0.29, 0.717) is 12.5 Å². The molecule has 0 saturated carbocycles. The predicted octanol–water partition coefficient (Wildman–Crippen LogP) is 2.87. The van der Waals surface area contributed by atoms with Crippen LogP contribution in [0, 0.1) is 5.92 Å². The first kappa shape index (κ1) is 16.1. The molecule has 1 aliphatic heterocycles. The number of benzene rings is 2. The molecule has 0 bridgehead atoms. The molecule has 0 saturated heterocycles. The number of aliphatic imine (C=N–C) groups is 1. The Balaban J connectivity index is 1.79. The van der Waals surface area contributed by atoms with Gasteiger partial charge in [0.2, 0.25) is 5.96 Å². The molecule has 5 nitrogen and oxygen atoms in total. The van der Waals surface area contributed by atoms with Crippen LogP contribution in [0.25, 0.3) is 0 Å². The third-order valence-corrected chi connectivity index (χ3v) is 4.06. The van der Waals surface area contributed by atoms with Gasteiger partial charge in [-0.2, -0.15) is 5.10 Å². The lowest BCUT2D eigenvalue weighted by Gasteiger charge is -2.13. The van der Waals surface area contributed by atoms with Crippen molar-refractivity contribution in [3.8, 4) is 5.75 Å². The van der Waals surface area contributed by atoms with E-state index in [2.05, 4.69) is 17.0 Å². The molecule has 24 heavy (non-hydrogen) atoms. The fraction of sp³-hybridized carbons (Fsp3) is 0.263. The summed E-state index contributed by atoms with van der Waals surface area (Å²) >= 11 is 0. The van der Waals surface area contributed by atoms with Crippen LogP contribution in [0.15, 0.2) is 64.7 Å². The summed E-state index contributed by atoms with van der Waals surface area (Å²) in [4.78, 5) is 4.46. The maximum Gasteiger partial charge on any atom is 0.212 e. The fourth-order valence-corrected chi connectivity index (χ4v) is 2.77. The van der Waals surface area contributed by atoms with Crippen molar-refractivity contribution in [2.24, 2.45) is 21.7 Å². The first-order valence-corrected chi connectivity index (χ1v) is 8.02. The Kier molecular flexibility index (Phi) is 4.79. The van der Waals surface area contributed by atoms with Gasteiger partial charge in [0.1, 0.15) is 5.75 Å². The number of rotatable bonds is 4. The molecule has 2 aromatic carbocycles. The van der Waals surface area contributed by atoms with Crippen molar-refractivity contribution in [2.45, 2.75) is 13.5 Å². The number of nitrogens with zero attached hydrogens (tertiary/aromatic N) is 3. The molecule has 3 rings (SSSR count). The quantitative estimate of drug-likeness (QED) is 0.695. The van der Waals surface area contributed by atoms with Gasteiger partial charge in [0.05, 0.1) is 25.9 Å². The topological polar surface area (TPSA) is 63.2 Å². The molecule has 2 aromatic rings. The maximum absolute atomic E-state index is 6.14. The number of para-hydroxylation sites is 1. The summed E-state index contributed by atoms with van der Waals surface area (Å²) in [5.74, 6) is 1.52. The molecule has 0 spiro atoms. The number of guanidine groups is 1. The van der Waals surface area contributed by atoms with Crippen LogP contribution in [0.1, 0.15) is 18.1 Å². The van der Waals surface area contributed by atoms with E-state index in [1.54, 1.807) is 12.1 Å². The summed E-state index contributed by atoms with van der Waals surface area (Å²) in [6.45, 7) is 3.41. The number of hydrogen-bond acceptors (Lipinski definition) is 3. The van der Waals surface area contributed by atoms with Gasteiger partial charge in [0.15, 0.2) is 0 Å². The van der Waals surface area contributed by atoms with Gasteiger partial charge in [-0.1, -0.05) is 49.4 Å². The molecular weight excluding hydrogens is 300 g/mol. The minimum absolute atomic E-state index is 0.256. The third kappa shape index (κ3) is 3.40. The molecule has 1 heterocycles. The van der Waals surface area contributed by atoms with Crippen molar-refractivity contribution in [1.29, 1.82) is 0 Å². The second-order valence-corrected chi connectivity index (χ2v) is 5.83. The summed E-state index contributed by atoms with van der Waals surface area (Å²) in [7, 11) is 1.67. The number of hydrazone groups is 1. The molecule has 124 valence electrons. The van der Waals surface area contributed by atoms with Crippen molar-refractivity contribution >= 4 is 11.7 Å². The van der Waals surface area contributed by atoms with E-state index in [1.165, 1.54) is 0 Å². The zero-order chi connectivity index (χ0) is 16.9. The number of ether oxygens (including phenoxy) is 1. The summed E-state index contributed by atoms with van der Waals surface area (Å²) < 4.78 is 5.45. The van der Waals surface area contributed by atoms with E-state index < -0.39 is 0 Å². The lowest BCUT2D eigenvalue weighted by atomic mass is 9.99. The van der Waals surface area contributed by atoms with Gasteiger partial charge >= 0.3 is 0 Å². The Morgan fingerprint density at radius 2 is 1.92 bits per heavy atom. The van der Waals surface area contributed by atoms with E-state index >= 15 is 0 Å². The summed E-state index contributed by atoms with van der Waals surface area (Å²) in [6, 6.07) is 18.0. The van der Waals surface area contributed by atoms with Gasteiger partial charge in [-0.25, -0.2) is 10.0 Å². The lowest BCUT2D eigenvalue weighted by molar-refractivity contribution is 0.413. The Morgan fingerprint density at radius 3 is 2.67 bits per heavy atom. The minimum atomic E-state index is 0.256. The van der Waals surface area contributed by atoms with Crippen LogP contribution < -0.4 is 10.5 Å². The standard InChI is InChI=1S/C19H22N4O/c1-14-13-23(19(20)21-12-15-8-4-3-5-9-15)22-18(14)16-10-6-7-11-17(16)24-2/h3-11,14H,12-13H2,1-2H3,(H2,20,21). The van der Waals surface area contributed by atoms with E-state index in [0.717, 1.165) is 29.1 Å². The highest BCUT2D eigenvalue weighted by Gasteiger charge is 2.27. The molecule has 0 aromatic heterocycles. The van der Waals surface area contributed by atoms with Crippen LogP contribution in [0.5, 0.6) is 5.75 Å². The molecule has 0 aliphatic carbocycles. The molecule has 2 N–H and O–H groups in total. The van der Waals surface area contributed by atoms with Gasteiger partial charge in [-0.15, -0.1) is 0 Å². The van der Waals surface area contributed by atoms with E-state index in [1.807, 2.05) is 54.6 Å². The van der Waals surface area contributed by atoms with Crippen molar-refractivity contribution < 1.29 is 4.74 Å². The average Bonchev–Trinajstić information content (AvgIpc) is 3.02. The Labute approximate surface area is 142 Å². The largest absolute Gasteiger partial charge is 0.496 e. The van der Waals surface area contributed by atoms with Crippen molar-refractivity contribution in [3.63, 3.8) is 0 Å². The summed E-state index contributed by atoms with van der Waals surface area (Å²) in [6.07, 6.45) is 0. The second-order valence-electron chi connectivity index (χ2n) is 5.83. The fourth-order valence-electron chi connectivity index (χ4n) is 2.77. The van der Waals surface area contributed by atoms with Gasteiger partial charge in [0, 0.05) is 11.5 Å². The van der Waals surface area contributed by atoms with E-state index in [4.69, 9.17) is 10.5 Å². The Hall–Kier alpha value is -2.82. The zero-order valence-corrected chi connectivity index (χ0v) is 14.0. The minimum Gasteiger partial charge on any atom is -0.496 e. The van der Waals surface area contributed by atoms with Crippen LogP contribution in [0.3, 0.4) is 0 Å². The van der Waals surface area contributed by atoms with Crippen LogP contribution in [0.4, 0.5) is 0 Å². The van der Waals surface area contributed by atoms with Crippen LogP contribution in [-0.2, 0) is 6.54 Å². The number of nitrogens with two attached hydrogens (primary N) is 1. The average molecular weight is 322 g/mol. The SMILES string of the molecule is COc1ccccc1C1=NN(C(N)=NCc2ccccc2)CC1C. The highest BCUT2D eigenvalue weighted by Crippen LogP contribution is 2.26. The van der Waals surface area contributed by atoms with Gasteiger partial charge in [0.25, 0.3) is 0 Å². The molecule has 1 unspecified atom stereocenters. The van der Waals surface area contributed by atoms with Crippen LogP contribution in [0.2, 0.25) is 0 Å². The molecule has 1 aliphatic rings. The van der Waals surface area contributed by atoms with Crippen LogP contribution in [-0.4, -0.2) is 30.3 Å². The monoisotopic (exact) mass is 322 g/mol. The first-order valence-electron chi connectivity index (χ1n) is 8.02. The molecule has 5 heteroatoms. The number of methoxy groups -OCH3 is 1. The second kappa shape index (κ2) is 7.17. The highest BCUT2D eigenvalue weighted by molar-refractivity contribution is 6.06. The molecule has 1 atom stereocenters. The lowest BCUT2D eigenvalue weighted by Crippen LogP contribution is -2.32. The third-order valence-electron chi connectivity index (χ3n) is 4.06. The molecule has 0 radical (unpaired) electrons. The number of hydrogen-bond donors (Lipinski definition) is 1. The molecule has 0 amide bonds. The zero-order valence-electron chi connectivity index (χ0n) is 14.0. The summed E-state index contributed by atoms with van der Waals surface area (Å²) in [5.41, 5.74) is 9.25. The van der Waals surface area contributed by atoms with Gasteiger partial charge < -0.3 is 10.5 Å². The van der Waals surface area contributed by atoms with Gasteiger partial charge in [-0.05, 0) is 17.7 Å².